The van der Waals surface area contributed by atoms with Gasteiger partial charge in [-0.3, -0.25) is 4.90 Å². The molecule has 1 aliphatic rings. The van der Waals surface area contributed by atoms with Crippen molar-refractivity contribution in [3.05, 3.63) is 65.0 Å². The number of nitriles is 1. The lowest BCUT2D eigenvalue weighted by Gasteiger charge is -2.14. The van der Waals surface area contributed by atoms with Crippen molar-refractivity contribution in [1.82, 2.24) is 19.8 Å². The highest BCUT2D eigenvalue weighted by Crippen LogP contribution is 2.31. The first-order valence-corrected chi connectivity index (χ1v) is 11.0. The molecule has 2 heterocycles. The lowest BCUT2D eigenvalue weighted by molar-refractivity contribution is 0.244. The van der Waals surface area contributed by atoms with E-state index >= 15 is 0 Å². The fraction of sp³-hybridized carbons (Fsp3) is 0.250. The van der Waals surface area contributed by atoms with Crippen molar-refractivity contribution in [2.45, 2.75) is 23.4 Å². The van der Waals surface area contributed by atoms with Crippen LogP contribution in [0.4, 0.5) is 0 Å². The smallest absolute Gasteiger partial charge is 0.244 e. The molecule has 0 aliphatic carbocycles. The zero-order valence-electron chi connectivity index (χ0n) is 16.0. The van der Waals surface area contributed by atoms with Crippen molar-refractivity contribution in [3.8, 4) is 17.5 Å². The van der Waals surface area contributed by atoms with Gasteiger partial charge in [-0.25, -0.2) is 13.1 Å². The van der Waals surface area contributed by atoms with E-state index in [9.17, 15) is 8.42 Å². The summed E-state index contributed by atoms with van der Waals surface area (Å²) in [5.74, 6) is 0.888. The van der Waals surface area contributed by atoms with Crippen LogP contribution in [0.3, 0.4) is 0 Å². The van der Waals surface area contributed by atoms with Gasteiger partial charge in [-0.15, -0.1) is 0 Å². The van der Waals surface area contributed by atoms with E-state index in [0.29, 0.717) is 35.3 Å². The second-order valence-electron chi connectivity index (χ2n) is 7.11. The summed E-state index contributed by atoms with van der Waals surface area (Å²) in [5.41, 5.74) is 1.19. The van der Waals surface area contributed by atoms with Crippen LogP contribution in [0.2, 0.25) is 5.02 Å². The molecule has 0 spiro atoms. The van der Waals surface area contributed by atoms with Crippen LogP contribution in [0.1, 0.15) is 23.9 Å². The summed E-state index contributed by atoms with van der Waals surface area (Å²) in [4.78, 5) is 6.58. The molecule has 1 saturated heterocycles. The van der Waals surface area contributed by atoms with E-state index in [1.54, 1.807) is 12.1 Å². The molecule has 4 rings (SSSR count). The molecule has 0 radical (unpaired) electrons. The van der Waals surface area contributed by atoms with Gasteiger partial charge >= 0.3 is 0 Å². The quantitative estimate of drug-likeness (QED) is 0.644. The minimum absolute atomic E-state index is 0.121. The number of sulfonamides is 1. The van der Waals surface area contributed by atoms with Crippen LogP contribution in [-0.2, 0) is 10.0 Å². The number of nitrogens with zero attached hydrogens (tertiary/aromatic N) is 4. The number of hydrogen-bond donors (Lipinski definition) is 1. The van der Waals surface area contributed by atoms with Crippen molar-refractivity contribution >= 4 is 21.6 Å². The number of likely N-dealkylation sites (N-methyl/N-ethyl adjacent to an activating group) is 1. The van der Waals surface area contributed by atoms with Crippen LogP contribution in [0.15, 0.2) is 57.9 Å². The number of benzene rings is 2. The molecule has 2 aromatic carbocycles. The van der Waals surface area contributed by atoms with Crippen LogP contribution in [0.5, 0.6) is 0 Å². The Kier molecular flexibility index (Phi) is 5.58. The van der Waals surface area contributed by atoms with Gasteiger partial charge in [0, 0.05) is 23.2 Å². The first-order valence-electron chi connectivity index (χ1n) is 9.18. The Hall–Kier alpha value is -2.77. The Labute approximate surface area is 179 Å². The molecular weight excluding hydrogens is 426 g/mol. The van der Waals surface area contributed by atoms with E-state index < -0.39 is 10.0 Å². The number of aromatic nitrogens is 2. The number of likely N-dealkylation sites (tertiary alicyclic amines) is 1. The Morgan fingerprint density at radius 3 is 2.57 bits per heavy atom. The second kappa shape index (κ2) is 8.16. The minimum Gasteiger partial charge on any atom is -0.337 e. The third kappa shape index (κ3) is 4.22. The lowest BCUT2D eigenvalue weighted by Crippen LogP contribution is -2.36. The molecule has 8 nitrogen and oxygen atoms in total. The third-order valence-electron chi connectivity index (χ3n) is 4.99. The second-order valence-corrected chi connectivity index (χ2v) is 9.26. The van der Waals surface area contributed by atoms with Gasteiger partial charge in [0.25, 0.3) is 0 Å². The predicted molar refractivity (Wildman–Crippen MR) is 110 cm³/mol. The van der Waals surface area contributed by atoms with Crippen molar-refractivity contribution in [2.75, 3.05) is 13.6 Å². The van der Waals surface area contributed by atoms with E-state index in [0.717, 1.165) is 5.56 Å². The summed E-state index contributed by atoms with van der Waals surface area (Å²) in [6, 6.07) is 14.4. The molecule has 2 atom stereocenters. The maximum Gasteiger partial charge on any atom is 0.244 e. The topological polar surface area (TPSA) is 112 Å². The van der Waals surface area contributed by atoms with Crippen LogP contribution in [0.25, 0.3) is 11.4 Å². The highest BCUT2D eigenvalue weighted by molar-refractivity contribution is 7.89. The molecule has 30 heavy (non-hydrogen) atoms. The van der Waals surface area contributed by atoms with Gasteiger partial charge in [0.1, 0.15) is 0 Å². The number of hydrogen-bond acceptors (Lipinski definition) is 7. The van der Waals surface area contributed by atoms with Crippen LogP contribution >= 0.6 is 11.6 Å². The van der Waals surface area contributed by atoms with Crippen LogP contribution in [0, 0.1) is 11.3 Å². The zero-order chi connectivity index (χ0) is 21.3. The van der Waals surface area contributed by atoms with Gasteiger partial charge in [0.15, 0.2) is 0 Å². The van der Waals surface area contributed by atoms with Crippen molar-refractivity contribution in [3.63, 3.8) is 0 Å². The van der Waals surface area contributed by atoms with Gasteiger partial charge in [0.05, 0.1) is 22.6 Å². The van der Waals surface area contributed by atoms with Gasteiger partial charge in [-0.2, -0.15) is 10.2 Å². The number of rotatable bonds is 5. The monoisotopic (exact) mass is 443 g/mol. The third-order valence-corrected chi connectivity index (χ3v) is 6.78. The molecular formula is C20H18ClN5O3S. The van der Waals surface area contributed by atoms with E-state index in [4.69, 9.17) is 21.4 Å². The van der Waals surface area contributed by atoms with Gasteiger partial charge in [-0.1, -0.05) is 16.8 Å². The molecule has 1 N–H and O–H groups in total. The van der Waals surface area contributed by atoms with Crippen molar-refractivity contribution in [1.29, 1.82) is 5.26 Å². The summed E-state index contributed by atoms with van der Waals surface area (Å²) < 4.78 is 33.5. The van der Waals surface area contributed by atoms with Crippen LogP contribution in [-0.4, -0.2) is 43.1 Å². The fourth-order valence-corrected chi connectivity index (χ4v) is 4.82. The molecule has 0 saturated carbocycles. The fourth-order valence-electron chi connectivity index (χ4n) is 3.46. The molecule has 10 heteroatoms. The zero-order valence-corrected chi connectivity index (χ0v) is 17.6. The Morgan fingerprint density at radius 2 is 1.90 bits per heavy atom. The average molecular weight is 444 g/mol. The maximum absolute atomic E-state index is 12.7. The number of halogens is 1. The molecule has 154 valence electrons. The first-order chi connectivity index (χ1) is 14.4. The number of nitrogens with one attached hydrogen (secondary N) is 1. The average Bonchev–Trinajstić information content (AvgIpc) is 3.35. The summed E-state index contributed by atoms with van der Waals surface area (Å²) in [6.07, 6.45) is 0.494. The Balaban J connectivity index is 1.47. The maximum atomic E-state index is 12.7. The summed E-state index contributed by atoms with van der Waals surface area (Å²) in [7, 11) is -1.82. The van der Waals surface area contributed by atoms with Crippen molar-refractivity contribution in [2.24, 2.45) is 0 Å². The van der Waals surface area contributed by atoms with E-state index in [2.05, 4.69) is 14.9 Å². The summed E-state index contributed by atoms with van der Waals surface area (Å²) >= 11 is 5.91. The predicted octanol–water partition coefficient (Wildman–Crippen LogP) is 2.99. The van der Waals surface area contributed by atoms with Gasteiger partial charge in [-0.05, 0) is 62.0 Å². The first kappa shape index (κ1) is 20.5. The normalized spacial score (nSPS) is 19.6. The highest BCUT2D eigenvalue weighted by Gasteiger charge is 2.36. The SMILES string of the molecule is CN1CC(NS(=O)(=O)c2ccc(C#N)cc2)CC1c1nc(-c2ccc(Cl)cc2)no1. The molecule has 1 aliphatic heterocycles. The van der Waals surface area contributed by atoms with Gasteiger partial charge in [0.2, 0.25) is 21.7 Å². The summed E-state index contributed by atoms with van der Waals surface area (Å²) in [6.45, 7) is 0.499. The molecule has 3 aromatic rings. The van der Waals surface area contributed by atoms with E-state index in [1.807, 2.05) is 30.1 Å². The Bertz CT molecular complexity index is 1190. The molecule has 0 bridgehead atoms. The largest absolute Gasteiger partial charge is 0.337 e. The Morgan fingerprint density at radius 1 is 1.20 bits per heavy atom. The van der Waals surface area contributed by atoms with Gasteiger partial charge < -0.3 is 4.52 Å². The standard InChI is InChI=1S/C20H18ClN5O3S/c1-26-12-16(25-30(27,28)17-8-2-13(11-22)3-9-17)10-18(26)20-23-19(24-29-20)14-4-6-15(21)7-5-14/h2-9,16,18,25H,10,12H2,1H3. The lowest BCUT2D eigenvalue weighted by atomic mass is 10.2. The van der Waals surface area contributed by atoms with Crippen LogP contribution < -0.4 is 4.72 Å². The highest BCUT2D eigenvalue weighted by atomic mass is 35.5. The van der Waals surface area contributed by atoms with E-state index in [1.165, 1.54) is 24.3 Å². The molecule has 1 fully saturated rings. The molecule has 1 aromatic heterocycles. The van der Waals surface area contributed by atoms with E-state index in [-0.39, 0.29) is 17.0 Å². The minimum atomic E-state index is -3.70. The summed E-state index contributed by atoms with van der Waals surface area (Å²) in [5, 5.41) is 13.5. The molecule has 2 unspecified atom stereocenters. The van der Waals surface area contributed by atoms with Crippen molar-refractivity contribution < 1.29 is 12.9 Å². The molecule has 0 amide bonds.